The molecular weight excluding hydrogens is 608 g/mol. The smallest absolute Gasteiger partial charge is 0.335 e. The van der Waals surface area contributed by atoms with Gasteiger partial charge in [-0.3, -0.25) is 4.79 Å². The highest BCUT2D eigenvalue weighted by molar-refractivity contribution is 5.86. The lowest BCUT2D eigenvalue weighted by molar-refractivity contribution is -0.354. The molecule has 0 aliphatic carbocycles. The SMILES string of the molecule is COc1ccc(-c2cc(=O)c3c(O)cc(O[C@@H]4O[C@H](C(=O)O)[C@@H](O)[C@H](O)[C@H]4O[C@@H]4O[C@H](CO)[C@@H](O)[C@H](O)[C@H]4O)cc3o2)cc1O. The van der Waals surface area contributed by atoms with Crippen LogP contribution in [-0.4, -0.2) is 127 Å². The maximum atomic E-state index is 12.9. The van der Waals surface area contributed by atoms with E-state index in [4.69, 9.17) is 28.1 Å². The number of ether oxygens (including phenoxy) is 5. The molecule has 17 heteroatoms. The van der Waals surface area contributed by atoms with Gasteiger partial charge in [-0.2, -0.15) is 0 Å². The van der Waals surface area contributed by atoms with Crippen molar-refractivity contribution in [2.24, 2.45) is 0 Å². The molecule has 1 aromatic heterocycles. The van der Waals surface area contributed by atoms with Crippen molar-refractivity contribution in [3.8, 4) is 34.3 Å². The molecule has 0 spiro atoms. The first-order chi connectivity index (χ1) is 21.3. The maximum absolute atomic E-state index is 12.9. The molecule has 9 N–H and O–H groups in total. The van der Waals surface area contributed by atoms with Gasteiger partial charge in [0.25, 0.3) is 0 Å². The molecule has 17 nitrogen and oxygen atoms in total. The largest absolute Gasteiger partial charge is 0.507 e. The molecule has 2 fully saturated rings. The number of carbonyl (C=O) groups is 1. The summed E-state index contributed by atoms with van der Waals surface area (Å²) < 4.78 is 32.7. The third-order valence-corrected chi connectivity index (χ3v) is 7.43. The zero-order chi connectivity index (χ0) is 32.7. The predicted molar refractivity (Wildman–Crippen MR) is 145 cm³/mol. The Labute approximate surface area is 252 Å². The van der Waals surface area contributed by atoms with Crippen molar-refractivity contribution in [3.63, 3.8) is 0 Å². The summed E-state index contributed by atoms with van der Waals surface area (Å²) in [6.07, 6.45) is -18.8. The van der Waals surface area contributed by atoms with Gasteiger partial charge in [0.2, 0.25) is 6.29 Å². The van der Waals surface area contributed by atoms with Crippen LogP contribution in [0.15, 0.2) is 45.6 Å². The summed E-state index contributed by atoms with van der Waals surface area (Å²) in [5.41, 5.74) is -0.628. The molecule has 0 amide bonds. The molecule has 2 aliphatic rings. The minimum Gasteiger partial charge on any atom is -0.507 e. The Morgan fingerprint density at radius 3 is 2.24 bits per heavy atom. The summed E-state index contributed by atoms with van der Waals surface area (Å²) in [4.78, 5) is 24.7. The lowest BCUT2D eigenvalue weighted by Gasteiger charge is -2.45. The molecule has 0 saturated carbocycles. The average molecular weight is 639 g/mol. The molecule has 0 bridgehead atoms. The molecule has 0 radical (unpaired) electrons. The van der Waals surface area contributed by atoms with Crippen LogP contribution < -0.4 is 14.9 Å². The first-order valence-electron chi connectivity index (χ1n) is 13.4. The fourth-order valence-corrected chi connectivity index (χ4v) is 5.05. The number of aliphatic hydroxyl groups excluding tert-OH is 6. The van der Waals surface area contributed by atoms with Crippen LogP contribution in [0.2, 0.25) is 0 Å². The van der Waals surface area contributed by atoms with Crippen LogP contribution in [-0.2, 0) is 19.0 Å². The minimum absolute atomic E-state index is 0.0239. The highest BCUT2D eigenvalue weighted by atomic mass is 16.8. The van der Waals surface area contributed by atoms with Crippen molar-refractivity contribution in [2.45, 2.75) is 61.4 Å². The number of benzene rings is 2. The number of rotatable bonds is 8. The molecule has 3 heterocycles. The standard InChI is InChI=1S/C28H30O17/c1-40-14-3-2-9(4-11(14)30)15-7-13(32)18-12(31)5-10(6-16(18)42-15)41-28-25(22(36)21(35)24(44-28)26(38)39)45-27-23(37)20(34)19(33)17(8-29)43-27/h2-7,17,19-25,27-31,33-37H,8H2,1H3,(H,38,39)/t17-,19-,20+,21+,22+,23-,24+,25-,27+,28-/m1/s1. The van der Waals surface area contributed by atoms with E-state index in [0.29, 0.717) is 0 Å². The number of hydrogen-bond acceptors (Lipinski definition) is 16. The molecule has 2 saturated heterocycles. The molecule has 10 atom stereocenters. The average Bonchev–Trinajstić information content (AvgIpc) is 3.00. The summed E-state index contributed by atoms with van der Waals surface area (Å²) in [5, 5.41) is 91.4. The van der Waals surface area contributed by atoms with Crippen LogP contribution >= 0.6 is 0 Å². The Balaban J connectivity index is 1.50. The van der Waals surface area contributed by atoms with Crippen LogP contribution in [0.5, 0.6) is 23.0 Å². The van der Waals surface area contributed by atoms with Gasteiger partial charge in [0, 0.05) is 23.8 Å². The number of carboxylic acid groups (broad SMARTS) is 1. The van der Waals surface area contributed by atoms with Crippen molar-refractivity contribution in [1.82, 2.24) is 0 Å². The Kier molecular flexibility index (Phi) is 9.17. The molecule has 244 valence electrons. The van der Waals surface area contributed by atoms with Gasteiger partial charge in [-0.15, -0.1) is 0 Å². The fourth-order valence-electron chi connectivity index (χ4n) is 5.05. The molecule has 2 aromatic carbocycles. The number of aromatic hydroxyl groups is 2. The summed E-state index contributed by atoms with van der Waals surface area (Å²) in [5.74, 6) is -2.73. The molecule has 3 aromatic rings. The van der Waals surface area contributed by atoms with E-state index in [1.807, 2.05) is 0 Å². The van der Waals surface area contributed by atoms with E-state index in [-0.39, 0.29) is 39.5 Å². The van der Waals surface area contributed by atoms with Gasteiger partial charge in [-0.1, -0.05) is 0 Å². The normalized spacial score (nSPS) is 31.9. The number of fused-ring (bicyclic) bond motifs is 1. The van der Waals surface area contributed by atoms with Gasteiger partial charge < -0.3 is 74.1 Å². The summed E-state index contributed by atoms with van der Waals surface area (Å²) in [7, 11) is 1.35. The second kappa shape index (κ2) is 12.8. The molecule has 5 rings (SSSR count). The van der Waals surface area contributed by atoms with E-state index < -0.39 is 85.2 Å². The Morgan fingerprint density at radius 2 is 1.60 bits per heavy atom. The quantitative estimate of drug-likeness (QED) is 0.129. The van der Waals surface area contributed by atoms with E-state index in [9.17, 15) is 55.5 Å². The van der Waals surface area contributed by atoms with Crippen LogP contribution in [0, 0.1) is 0 Å². The summed E-state index contributed by atoms with van der Waals surface area (Å²) >= 11 is 0. The molecule has 2 aliphatic heterocycles. The highest BCUT2D eigenvalue weighted by Gasteiger charge is 2.53. The predicted octanol–water partition coefficient (Wildman–Crippen LogP) is -2.02. The van der Waals surface area contributed by atoms with Gasteiger partial charge in [-0.05, 0) is 18.2 Å². The van der Waals surface area contributed by atoms with Gasteiger partial charge in [0.05, 0.1) is 13.7 Å². The second-order valence-electron chi connectivity index (χ2n) is 10.3. The Hall–Kier alpha value is -4.04. The third-order valence-electron chi connectivity index (χ3n) is 7.43. The van der Waals surface area contributed by atoms with Crippen molar-refractivity contribution in [3.05, 3.63) is 46.6 Å². The molecular formula is C28H30O17. The van der Waals surface area contributed by atoms with Gasteiger partial charge in [-0.25, -0.2) is 4.79 Å². The van der Waals surface area contributed by atoms with Gasteiger partial charge in [0.15, 0.2) is 35.4 Å². The number of methoxy groups -OCH3 is 1. The van der Waals surface area contributed by atoms with Crippen molar-refractivity contribution < 1.29 is 78.9 Å². The third kappa shape index (κ3) is 6.12. The lowest BCUT2D eigenvalue weighted by Crippen LogP contribution is -2.65. The molecule has 45 heavy (non-hydrogen) atoms. The second-order valence-corrected chi connectivity index (χ2v) is 10.3. The summed E-state index contributed by atoms with van der Waals surface area (Å²) in [6.45, 7) is -0.808. The van der Waals surface area contributed by atoms with Crippen LogP contribution in [0.1, 0.15) is 0 Å². The van der Waals surface area contributed by atoms with E-state index in [0.717, 1.165) is 18.2 Å². The van der Waals surface area contributed by atoms with Crippen molar-refractivity contribution in [1.29, 1.82) is 0 Å². The van der Waals surface area contributed by atoms with E-state index >= 15 is 0 Å². The van der Waals surface area contributed by atoms with E-state index in [1.54, 1.807) is 0 Å². The number of hydrogen-bond donors (Lipinski definition) is 9. The molecule has 0 unspecified atom stereocenters. The van der Waals surface area contributed by atoms with Crippen LogP contribution in [0.3, 0.4) is 0 Å². The summed E-state index contributed by atoms with van der Waals surface area (Å²) in [6, 6.07) is 7.37. The topological polar surface area (TPSA) is 275 Å². The van der Waals surface area contributed by atoms with Gasteiger partial charge >= 0.3 is 5.97 Å². The van der Waals surface area contributed by atoms with Crippen molar-refractivity contribution in [2.75, 3.05) is 13.7 Å². The number of aliphatic hydroxyl groups is 6. The lowest BCUT2D eigenvalue weighted by atomic mass is 9.97. The first kappa shape index (κ1) is 32.4. The Morgan fingerprint density at radius 1 is 0.867 bits per heavy atom. The monoisotopic (exact) mass is 638 g/mol. The van der Waals surface area contributed by atoms with Crippen LogP contribution in [0.25, 0.3) is 22.3 Å². The van der Waals surface area contributed by atoms with E-state index in [1.165, 1.54) is 25.3 Å². The minimum atomic E-state index is -2.09. The van der Waals surface area contributed by atoms with Crippen molar-refractivity contribution >= 4 is 16.9 Å². The number of carboxylic acids is 1. The zero-order valence-electron chi connectivity index (χ0n) is 23.2. The number of phenolic OH excluding ortho intramolecular Hbond substituents is 2. The zero-order valence-corrected chi connectivity index (χ0v) is 23.2. The fraction of sp³-hybridized carbons (Fsp3) is 0.429. The van der Waals surface area contributed by atoms with Gasteiger partial charge in [0.1, 0.15) is 64.9 Å². The number of phenols is 2. The highest BCUT2D eigenvalue weighted by Crippen LogP contribution is 2.36. The maximum Gasteiger partial charge on any atom is 0.335 e. The van der Waals surface area contributed by atoms with E-state index in [2.05, 4.69) is 0 Å². The van der Waals surface area contributed by atoms with Crippen LogP contribution in [0.4, 0.5) is 0 Å². The Bertz CT molecular complexity index is 1600. The number of aliphatic carboxylic acids is 1. The first-order valence-corrected chi connectivity index (χ1v) is 13.4.